The van der Waals surface area contributed by atoms with Crippen molar-refractivity contribution < 1.29 is 22.4 Å². The van der Waals surface area contributed by atoms with Gasteiger partial charge in [-0.2, -0.15) is 18.3 Å². The number of carbonyl (C=O) groups is 1. The van der Waals surface area contributed by atoms with E-state index in [1.807, 2.05) is 0 Å². The van der Waals surface area contributed by atoms with Crippen molar-refractivity contribution in [3.63, 3.8) is 0 Å². The van der Waals surface area contributed by atoms with E-state index in [0.717, 1.165) is 12.1 Å². The van der Waals surface area contributed by atoms with Gasteiger partial charge in [0, 0.05) is 16.8 Å². The normalized spacial score (nSPS) is 12.6. The number of hydrogen-bond donors (Lipinski definition) is 1. The average molecular weight is 391 g/mol. The SMILES string of the molecule is Cc1c([C@@H](C)NC(=O)c2ccc(F)cc2)cnn1-c1cccc(C(F)(F)F)c1. The van der Waals surface area contributed by atoms with Crippen LogP contribution >= 0.6 is 0 Å². The molecule has 28 heavy (non-hydrogen) atoms. The van der Waals surface area contributed by atoms with Crippen LogP contribution in [0.1, 0.15) is 40.1 Å². The van der Waals surface area contributed by atoms with E-state index < -0.39 is 29.5 Å². The Morgan fingerprint density at radius 3 is 2.46 bits per heavy atom. The number of amides is 1. The van der Waals surface area contributed by atoms with Crippen molar-refractivity contribution in [2.75, 3.05) is 0 Å². The summed E-state index contributed by atoms with van der Waals surface area (Å²) in [5.74, 6) is -0.832. The van der Waals surface area contributed by atoms with E-state index in [0.29, 0.717) is 16.8 Å². The number of halogens is 4. The summed E-state index contributed by atoms with van der Waals surface area (Å²) in [6.45, 7) is 3.45. The maximum absolute atomic E-state index is 13.0. The molecule has 1 N–H and O–H groups in total. The van der Waals surface area contributed by atoms with Crippen LogP contribution in [0.2, 0.25) is 0 Å². The van der Waals surface area contributed by atoms with Gasteiger partial charge in [0.2, 0.25) is 0 Å². The molecular formula is C20H17F4N3O. The van der Waals surface area contributed by atoms with Crippen LogP contribution in [0.4, 0.5) is 17.6 Å². The summed E-state index contributed by atoms with van der Waals surface area (Å²) in [5, 5.41) is 6.95. The van der Waals surface area contributed by atoms with Gasteiger partial charge >= 0.3 is 6.18 Å². The van der Waals surface area contributed by atoms with Crippen LogP contribution < -0.4 is 5.32 Å². The summed E-state index contributed by atoms with van der Waals surface area (Å²) in [6.07, 6.45) is -2.94. The van der Waals surface area contributed by atoms with Gasteiger partial charge in [-0.25, -0.2) is 9.07 Å². The Labute approximate surface area is 158 Å². The number of aromatic nitrogens is 2. The largest absolute Gasteiger partial charge is 0.416 e. The minimum absolute atomic E-state index is 0.274. The molecule has 0 spiro atoms. The van der Waals surface area contributed by atoms with E-state index in [9.17, 15) is 22.4 Å². The minimum Gasteiger partial charge on any atom is -0.345 e. The number of carbonyl (C=O) groups excluding carboxylic acids is 1. The van der Waals surface area contributed by atoms with Gasteiger partial charge in [-0.15, -0.1) is 0 Å². The Morgan fingerprint density at radius 1 is 1.14 bits per heavy atom. The molecule has 3 aromatic rings. The van der Waals surface area contributed by atoms with E-state index in [1.165, 1.54) is 47.3 Å². The summed E-state index contributed by atoms with van der Waals surface area (Å²) >= 11 is 0. The first-order chi connectivity index (χ1) is 13.2. The van der Waals surface area contributed by atoms with E-state index in [2.05, 4.69) is 10.4 Å². The molecule has 3 rings (SSSR count). The third kappa shape index (κ3) is 4.05. The van der Waals surface area contributed by atoms with Crippen LogP contribution in [-0.2, 0) is 6.18 Å². The van der Waals surface area contributed by atoms with Crippen LogP contribution in [0.5, 0.6) is 0 Å². The van der Waals surface area contributed by atoms with Crippen molar-refractivity contribution in [3.05, 3.63) is 82.9 Å². The Morgan fingerprint density at radius 2 is 1.82 bits per heavy atom. The Hall–Kier alpha value is -3.16. The summed E-state index contributed by atoms with van der Waals surface area (Å²) in [7, 11) is 0. The maximum Gasteiger partial charge on any atom is 0.416 e. The molecule has 8 heteroatoms. The van der Waals surface area contributed by atoms with Crippen LogP contribution in [0.3, 0.4) is 0 Å². The molecular weight excluding hydrogens is 374 g/mol. The molecule has 1 heterocycles. The standard InChI is InChI=1S/C20H17F4N3O/c1-12(26-19(28)14-6-8-16(21)9-7-14)18-11-25-27(13(18)2)17-5-3-4-15(10-17)20(22,23)24/h3-12H,1-2H3,(H,26,28)/t12-/m1/s1. The molecule has 0 aliphatic rings. The van der Waals surface area contributed by atoms with E-state index in [-0.39, 0.29) is 5.69 Å². The smallest absolute Gasteiger partial charge is 0.345 e. The van der Waals surface area contributed by atoms with E-state index in [4.69, 9.17) is 0 Å². The molecule has 0 fully saturated rings. The van der Waals surface area contributed by atoms with Crippen molar-refractivity contribution in [2.24, 2.45) is 0 Å². The number of rotatable bonds is 4. The van der Waals surface area contributed by atoms with Gasteiger partial charge in [-0.3, -0.25) is 4.79 Å². The van der Waals surface area contributed by atoms with Gasteiger partial charge in [-0.1, -0.05) is 6.07 Å². The topological polar surface area (TPSA) is 46.9 Å². The molecule has 1 atom stereocenters. The number of alkyl halides is 3. The lowest BCUT2D eigenvalue weighted by Crippen LogP contribution is -2.26. The second-order valence-corrected chi connectivity index (χ2v) is 6.35. The van der Waals surface area contributed by atoms with Crippen molar-refractivity contribution in [1.82, 2.24) is 15.1 Å². The molecule has 0 bridgehead atoms. The molecule has 2 aromatic carbocycles. The van der Waals surface area contributed by atoms with Gasteiger partial charge in [0.1, 0.15) is 5.82 Å². The summed E-state index contributed by atoms with van der Waals surface area (Å²) in [4.78, 5) is 12.3. The Bertz CT molecular complexity index is 993. The first-order valence-electron chi connectivity index (χ1n) is 8.45. The molecule has 4 nitrogen and oxygen atoms in total. The highest BCUT2D eigenvalue weighted by Gasteiger charge is 2.30. The molecule has 1 amide bonds. The molecule has 0 saturated carbocycles. The van der Waals surface area contributed by atoms with Crippen molar-refractivity contribution in [2.45, 2.75) is 26.1 Å². The lowest BCUT2D eigenvalue weighted by Gasteiger charge is -2.15. The molecule has 1 aromatic heterocycles. The lowest BCUT2D eigenvalue weighted by atomic mass is 10.1. The average Bonchev–Trinajstić information content (AvgIpc) is 3.03. The molecule has 0 radical (unpaired) electrons. The zero-order chi connectivity index (χ0) is 20.5. The summed E-state index contributed by atoms with van der Waals surface area (Å²) in [5.41, 5.74) is 1.07. The fourth-order valence-electron chi connectivity index (χ4n) is 2.88. The molecule has 0 aliphatic carbocycles. The second-order valence-electron chi connectivity index (χ2n) is 6.35. The molecule has 0 aliphatic heterocycles. The van der Waals surface area contributed by atoms with Gasteiger partial charge in [0.15, 0.2) is 0 Å². The monoisotopic (exact) mass is 391 g/mol. The zero-order valence-electron chi connectivity index (χ0n) is 15.1. The van der Waals surface area contributed by atoms with Crippen molar-refractivity contribution >= 4 is 5.91 Å². The number of nitrogens with one attached hydrogen (secondary N) is 1. The Balaban J connectivity index is 1.82. The van der Waals surface area contributed by atoms with Crippen LogP contribution in [0.15, 0.2) is 54.7 Å². The highest BCUT2D eigenvalue weighted by Crippen LogP contribution is 2.31. The van der Waals surface area contributed by atoms with E-state index >= 15 is 0 Å². The summed E-state index contributed by atoms with van der Waals surface area (Å²) in [6, 6.07) is 9.54. The third-order valence-electron chi connectivity index (χ3n) is 4.39. The van der Waals surface area contributed by atoms with Gasteiger partial charge in [0.05, 0.1) is 23.5 Å². The maximum atomic E-state index is 13.0. The van der Waals surface area contributed by atoms with Gasteiger partial charge in [0.25, 0.3) is 5.91 Å². The summed E-state index contributed by atoms with van der Waals surface area (Å²) < 4.78 is 53.2. The predicted octanol–water partition coefficient (Wildman–Crippen LogP) is 4.83. The third-order valence-corrected chi connectivity index (χ3v) is 4.39. The quantitative estimate of drug-likeness (QED) is 0.648. The number of nitrogens with zero attached hydrogens (tertiary/aromatic N) is 2. The van der Waals surface area contributed by atoms with Crippen molar-refractivity contribution in [3.8, 4) is 5.69 Å². The highest BCUT2D eigenvalue weighted by atomic mass is 19.4. The fraction of sp³-hybridized carbons (Fsp3) is 0.200. The number of benzene rings is 2. The van der Waals surface area contributed by atoms with Gasteiger partial charge in [-0.05, 0) is 56.3 Å². The zero-order valence-corrected chi connectivity index (χ0v) is 15.1. The number of hydrogen-bond acceptors (Lipinski definition) is 2. The van der Waals surface area contributed by atoms with E-state index in [1.54, 1.807) is 13.8 Å². The van der Waals surface area contributed by atoms with Gasteiger partial charge < -0.3 is 5.32 Å². The van der Waals surface area contributed by atoms with Crippen LogP contribution in [0, 0.1) is 12.7 Å². The molecule has 0 saturated heterocycles. The highest BCUT2D eigenvalue weighted by molar-refractivity contribution is 5.94. The van der Waals surface area contributed by atoms with Crippen molar-refractivity contribution in [1.29, 1.82) is 0 Å². The first-order valence-corrected chi connectivity index (χ1v) is 8.45. The first kappa shape index (κ1) is 19.6. The van der Waals surface area contributed by atoms with Crippen LogP contribution in [-0.4, -0.2) is 15.7 Å². The minimum atomic E-state index is -4.45. The van der Waals surface area contributed by atoms with Crippen LogP contribution in [0.25, 0.3) is 5.69 Å². The fourth-order valence-corrected chi connectivity index (χ4v) is 2.88. The molecule has 146 valence electrons. The lowest BCUT2D eigenvalue weighted by molar-refractivity contribution is -0.137. The predicted molar refractivity (Wildman–Crippen MR) is 95.6 cm³/mol. The Kier molecular flexibility index (Phi) is 5.22. The second kappa shape index (κ2) is 7.46. The molecule has 0 unspecified atom stereocenters.